The summed E-state index contributed by atoms with van der Waals surface area (Å²) in [5.41, 5.74) is 0. The molecule has 0 aromatic rings. The van der Waals surface area contributed by atoms with Gasteiger partial charge < -0.3 is 14.7 Å². The molecule has 0 amide bonds. The fraction of sp³-hybridized carbons (Fsp3) is 0.333. The molecule has 0 aromatic carbocycles. The maximum absolute atomic E-state index is 7.56. The predicted octanol–water partition coefficient (Wildman–Crippen LogP) is 1.28. The Morgan fingerprint density at radius 1 is 1.17 bits per heavy atom. The molecule has 0 aromatic heterocycles. The molecule has 6 heteroatoms. The Balaban J connectivity index is 0. The third-order valence-corrected chi connectivity index (χ3v) is 1.41. The minimum Gasteiger partial charge on any atom is -0.325 e. The lowest BCUT2D eigenvalue weighted by atomic mass is 10.8. The van der Waals surface area contributed by atoms with Crippen molar-refractivity contribution in [3.63, 3.8) is 0 Å². The minimum absolute atomic E-state index is 1.03. The summed E-state index contributed by atoms with van der Waals surface area (Å²) < 4.78 is 0. The van der Waals surface area contributed by atoms with E-state index in [2.05, 4.69) is 25.0 Å². The van der Waals surface area contributed by atoms with E-state index in [4.69, 9.17) is 14.7 Å². The maximum Gasteiger partial charge on any atom is 0.319 e. The fourth-order valence-electron chi connectivity index (χ4n) is 0.235. The molecular formula is C6H13O3PS2. The van der Waals surface area contributed by atoms with Gasteiger partial charge in [-0.05, 0) is 11.8 Å². The summed E-state index contributed by atoms with van der Waals surface area (Å²) in [6.07, 6.45) is 3.79. The predicted molar refractivity (Wildman–Crippen MR) is 58.7 cm³/mol. The Labute approximate surface area is 82.1 Å². The van der Waals surface area contributed by atoms with Crippen LogP contribution in [0.1, 0.15) is 0 Å². The summed E-state index contributed by atoms with van der Waals surface area (Å²) in [6, 6.07) is 0. The van der Waals surface area contributed by atoms with Crippen molar-refractivity contribution >= 4 is 30.3 Å². The first-order valence-corrected chi connectivity index (χ1v) is 6.81. The van der Waals surface area contributed by atoms with E-state index < -0.39 is 6.72 Å². The van der Waals surface area contributed by atoms with E-state index in [1.54, 1.807) is 0 Å². The minimum atomic E-state index is -3.81. The Kier molecular flexibility index (Phi) is 11.7. The van der Waals surface area contributed by atoms with Crippen molar-refractivity contribution in [2.75, 3.05) is 11.5 Å². The zero-order chi connectivity index (χ0) is 10.0. The van der Waals surface area contributed by atoms with Crippen LogP contribution in [0, 0.1) is 0 Å². The van der Waals surface area contributed by atoms with Crippen LogP contribution >= 0.6 is 18.5 Å². The molecule has 3 N–H and O–H groups in total. The highest BCUT2D eigenvalue weighted by Crippen LogP contribution is 2.26. The quantitative estimate of drug-likeness (QED) is 0.384. The third-order valence-electron chi connectivity index (χ3n) is 0.471. The van der Waals surface area contributed by atoms with Gasteiger partial charge in [0.25, 0.3) is 0 Å². The van der Waals surface area contributed by atoms with Crippen molar-refractivity contribution in [3.8, 4) is 0 Å². The third kappa shape index (κ3) is 47.7. The summed E-state index contributed by atoms with van der Waals surface area (Å²) >= 11 is 5.42. The van der Waals surface area contributed by atoms with Gasteiger partial charge in [0.15, 0.2) is 0 Å². The average molecular weight is 228 g/mol. The van der Waals surface area contributed by atoms with Crippen molar-refractivity contribution in [2.24, 2.45) is 0 Å². The number of hydrogen-bond donors (Lipinski definition) is 3. The van der Waals surface area contributed by atoms with E-state index in [0.717, 1.165) is 11.5 Å². The molecule has 72 valence electrons. The lowest BCUT2D eigenvalue weighted by Crippen LogP contribution is -1.69. The number of rotatable bonds is 4. The molecule has 0 rings (SSSR count). The largest absolute Gasteiger partial charge is 0.325 e. The van der Waals surface area contributed by atoms with E-state index >= 15 is 0 Å². The molecule has 12 heavy (non-hydrogen) atoms. The van der Waals surface area contributed by atoms with E-state index in [9.17, 15) is 0 Å². The van der Waals surface area contributed by atoms with Crippen molar-refractivity contribution in [1.29, 1.82) is 0 Å². The van der Waals surface area contributed by atoms with Crippen molar-refractivity contribution in [2.45, 2.75) is 0 Å². The summed E-state index contributed by atoms with van der Waals surface area (Å²) in [4.78, 5) is 22.7. The van der Waals surface area contributed by atoms with Gasteiger partial charge in [-0.2, -0.15) is 11.8 Å². The van der Waals surface area contributed by atoms with Crippen LogP contribution < -0.4 is 0 Å². The Morgan fingerprint density at radius 3 is 1.58 bits per heavy atom. The van der Waals surface area contributed by atoms with Crippen LogP contribution in [0.25, 0.3) is 0 Å². The summed E-state index contributed by atoms with van der Waals surface area (Å²) in [6.45, 7) is 3.35. The second kappa shape index (κ2) is 9.45. The molecule has 0 aliphatic rings. The highest BCUT2D eigenvalue weighted by atomic mass is 32.5. The smallest absolute Gasteiger partial charge is 0.319 e. The Hall–Kier alpha value is 0.360. The van der Waals surface area contributed by atoms with Crippen LogP contribution in [-0.4, -0.2) is 26.2 Å². The van der Waals surface area contributed by atoms with Gasteiger partial charge >= 0.3 is 6.72 Å². The first-order chi connectivity index (χ1) is 5.41. The summed E-state index contributed by atoms with van der Waals surface area (Å²) in [7, 11) is 0. The highest BCUT2D eigenvalue weighted by molar-refractivity contribution is 8.06. The SMILES string of the molecule is C=CCSCC=C.OP(O)(O)=S. The van der Waals surface area contributed by atoms with Gasteiger partial charge in [-0.1, -0.05) is 12.2 Å². The van der Waals surface area contributed by atoms with Gasteiger partial charge in [-0.3, -0.25) is 0 Å². The van der Waals surface area contributed by atoms with Gasteiger partial charge in [0.05, 0.1) is 0 Å². The molecule has 3 nitrogen and oxygen atoms in total. The van der Waals surface area contributed by atoms with Crippen LogP contribution in [0.5, 0.6) is 0 Å². The van der Waals surface area contributed by atoms with Crippen LogP contribution in [0.2, 0.25) is 0 Å². The van der Waals surface area contributed by atoms with Crippen LogP contribution in [0.3, 0.4) is 0 Å². The molecule has 0 spiro atoms. The molecule has 0 heterocycles. The second-order valence-corrected chi connectivity index (χ2v) is 5.20. The molecular weight excluding hydrogens is 215 g/mol. The second-order valence-electron chi connectivity index (χ2n) is 1.63. The molecule has 0 aliphatic heterocycles. The maximum atomic E-state index is 7.56. The number of hydrogen-bond acceptors (Lipinski definition) is 2. The van der Waals surface area contributed by atoms with E-state index in [-0.39, 0.29) is 0 Å². The van der Waals surface area contributed by atoms with Gasteiger partial charge in [-0.25, -0.2) is 0 Å². The zero-order valence-corrected chi connectivity index (χ0v) is 9.12. The highest BCUT2D eigenvalue weighted by Gasteiger charge is 1.92. The van der Waals surface area contributed by atoms with Crippen molar-refractivity contribution < 1.29 is 14.7 Å². The van der Waals surface area contributed by atoms with E-state index in [1.807, 2.05) is 23.9 Å². The lowest BCUT2D eigenvalue weighted by Gasteiger charge is -1.88. The van der Waals surface area contributed by atoms with Crippen molar-refractivity contribution in [3.05, 3.63) is 25.3 Å². The van der Waals surface area contributed by atoms with Gasteiger partial charge in [-0.15, -0.1) is 13.2 Å². The van der Waals surface area contributed by atoms with Crippen LogP contribution in [0.4, 0.5) is 0 Å². The molecule has 0 saturated heterocycles. The monoisotopic (exact) mass is 228 g/mol. The first kappa shape index (κ1) is 14.9. The normalized spacial score (nSPS) is 9.58. The first-order valence-electron chi connectivity index (χ1n) is 2.99. The lowest BCUT2D eigenvalue weighted by molar-refractivity contribution is 0.363. The molecule has 0 unspecified atom stereocenters. The topological polar surface area (TPSA) is 60.7 Å². The standard InChI is InChI=1S/C6H10S.H3O3PS/c1-3-5-7-6-4-2;1-4(2,3)5/h3-4H,1-2,5-6H2;(H3,1,2,3,5). The zero-order valence-electron chi connectivity index (χ0n) is 6.59. The van der Waals surface area contributed by atoms with E-state index in [1.165, 1.54) is 0 Å². The summed E-state index contributed by atoms with van der Waals surface area (Å²) in [5.74, 6) is 2.07. The van der Waals surface area contributed by atoms with E-state index in [0.29, 0.717) is 0 Å². The fourth-order valence-corrected chi connectivity index (χ4v) is 0.704. The van der Waals surface area contributed by atoms with Crippen LogP contribution in [-0.2, 0) is 11.8 Å². The molecule has 0 atom stereocenters. The number of thioether (sulfide) groups is 1. The van der Waals surface area contributed by atoms with Gasteiger partial charge in [0, 0.05) is 11.5 Å². The van der Waals surface area contributed by atoms with Gasteiger partial charge in [0.2, 0.25) is 0 Å². The van der Waals surface area contributed by atoms with Crippen molar-refractivity contribution in [1.82, 2.24) is 0 Å². The van der Waals surface area contributed by atoms with Gasteiger partial charge in [0.1, 0.15) is 0 Å². The average Bonchev–Trinajstić information content (AvgIpc) is 1.85. The molecule has 0 bridgehead atoms. The molecule has 0 aliphatic carbocycles. The summed E-state index contributed by atoms with van der Waals surface area (Å²) in [5, 5.41) is 0. The Morgan fingerprint density at radius 2 is 1.42 bits per heavy atom. The molecule has 0 radical (unpaired) electrons. The van der Waals surface area contributed by atoms with Crippen LogP contribution in [0.15, 0.2) is 25.3 Å². The molecule has 0 fully saturated rings. The molecule has 0 saturated carbocycles. The Bertz CT molecular complexity index is 150.